The highest BCUT2D eigenvalue weighted by Crippen LogP contribution is 2.07. The van der Waals surface area contributed by atoms with Crippen molar-refractivity contribution >= 4 is 23.6 Å². The van der Waals surface area contributed by atoms with Crippen LogP contribution in [0.15, 0.2) is 0 Å². The van der Waals surface area contributed by atoms with E-state index in [1.54, 1.807) is 0 Å². The van der Waals surface area contributed by atoms with Crippen molar-refractivity contribution in [2.24, 2.45) is 5.73 Å². The van der Waals surface area contributed by atoms with Crippen molar-refractivity contribution in [3.8, 4) is 0 Å². The topological polar surface area (TPSA) is 49.1 Å². The van der Waals surface area contributed by atoms with Crippen LogP contribution in [0.2, 0.25) is 0 Å². The molecule has 2 nitrogen and oxygen atoms in total. The summed E-state index contributed by atoms with van der Waals surface area (Å²) < 4.78 is 10.5. The van der Waals surface area contributed by atoms with Gasteiger partial charge in [0, 0.05) is 6.42 Å². The Morgan fingerprint density at radius 1 is 1.62 bits per heavy atom. The Morgan fingerprint density at radius 2 is 2.25 bits per heavy atom. The number of halogens is 1. The highest BCUT2D eigenvalue weighted by molar-refractivity contribution is 7.91. The Kier molecular flexibility index (Phi) is 3.81. The van der Waals surface area contributed by atoms with Crippen LogP contribution < -0.4 is 5.73 Å². The van der Waals surface area contributed by atoms with Gasteiger partial charge in [0.2, 0.25) is 0 Å². The first kappa shape index (κ1) is 8.56. The summed E-state index contributed by atoms with van der Waals surface area (Å²) in [6.45, 7) is 0. The molecule has 2 N–H and O–H groups in total. The molecule has 0 radical (unpaired) electrons. The standard InChI is InChI=1S/C4H9NOS.ClH/c5-4-1-2-7(6)3-4;/h4H,1-3,5H2;1H. The number of nitrogens with two attached hydrogens (primary N) is 1. The van der Waals surface area contributed by atoms with Gasteiger partial charge in [0.15, 0.2) is 0 Å². The monoisotopic (exact) mass is 155 g/mol. The summed E-state index contributed by atoms with van der Waals surface area (Å²) in [6, 6.07) is 0.223. The molecule has 2 atom stereocenters. The van der Waals surface area contributed by atoms with Gasteiger partial charge < -0.3 is 10.3 Å². The molecule has 1 fully saturated rings. The fourth-order valence-corrected chi connectivity index (χ4v) is 2.06. The average Bonchev–Trinajstić information content (AvgIpc) is 1.87. The fraction of sp³-hybridized carbons (Fsp3) is 1.00. The van der Waals surface area contributed by atoms with E-state index in [9.17, 15) is 4.55 Å². The van der Waals surface area contributed by atoms with E-state index in [0.717, 1.165) is 17.9 Å². The molecule has 1 saturated heterocycles. The zero-order chi connectivity index (χ0) is 5.28. The molecule has 0 aromatic heterocycles. The van der Waals surface area contributed by atoms with Crippen LogP contribution in [0, 0.1) is 0 Å². The molecule has 1 aliphatic rings. The van der Waals surface area contributed by atoms with Crippen LogP contribution in [0.1, 0.15) is 6.42 Å². The summed E-state index contributed by atoms with van der Waals surface area (Å²) >= 11 is -0.578. The van der Waals surface area contributed by atoms with Gasteiger partial charge in [0.05, 0.1) is 6.04 Å². The maximum Gasteiger partial charge on any atom is 0.120 e. The molecule has 1 rings (SSSR count). The minimum Gasteiger partial charge on any atom is -0.616 e. The SMILES string of the molecule is Cl.NC1CC[S+]([O-])C1. The third kappa shape index (κ3) is 2.22. The van der Waals surface area contributed by atoms with Crippen molar-refractivity contribution in [3.63, 3.8) is 0 Å². The van der Waals surface area contributed by atoms with Crippen molar-refractivity contribution in [2.75, 3.05) is 11.5 Å². The third-order valence-corrected chi connectivity index (χ3v) is 2.61. The van der Waals surface area contributed by atoms with Gasteiger partial charge in [0.1, 0.15) is 11.5 Å². The second-order valence-corrected chi connectivity index (χ2v) is 3.48. The van der Waals surface area contributed by atoms with Crippen molar-refractivity contribution in [1.29, 1.82) is 0 Å². The van der Waals surface area contributed by atoms with E-state index >= 15 is 0 Å². The summed E-state index contributed by atoms with van der Waals surface area (Å²) in [5, 5.41) is 0. The van der Waals surface area contributed by atoms with Gasteiger partial charge in [-0.25, -0.2) is 0 Å². The Bertz CT molecular complexity index is 65.1. The summed E-state index contributed by atoms with van der Waals surface area (Å²) in [5.41, 5.74) is 5.43. The van der Waals surface area contributed by atoms with Crippen molar-refractivity contribution in [2.45, 2.75) is 12.5 Å². The van der Waals surface area contributed by atoms with Crippen LogP contribution in [-0.4, -0.2) is 22.1 Å². The first-order valence-corrected chi connectivity index (χ1v) is 3.88. The Morgan fingerprint density at radius 3 is 2.38 bits per heavy atom. The third-order valence-electron chi connectivity index (χ3n) is 1.12. The zero-order valence-corrected chi connectivity index (χ0v) is 6.13. The van der Waals surface area contributed by atoms with Crippen LogP contribution in [0.25, 0.3) is 0 Å². The lowest BCUT2D eigenvalue weighted by atomic mass is 10.3. The number of hydrogen-bond acceptors (Lipinski definition) is 2. The fourth-order valence-electron chi connectivity index (χ4n) is 0.688. The van der Waals surface area contributed by atoms with Crippen LogP contribution in [-0.2, 0) is 11.2 Å². The quantitative estimate of drug-likeness (QED) is 0.497. The van der Waals surface area contributed by atoms with Crippen molar-refractivity contribution in [1.82, 2.24) is 0 Å². The highest BCUT2D eigenvalue weighted by atomic mass is 35.5. The van der Waals surface area contributed by atoms with Gasteiger partial charge in [-0.2, -0.15) is 0 Å². The lowest BCUT2D eigenvalue weighted by molar-refractivity contribution is 0.600. The Labute approximate surface area is 58.4 Å². The molecule has 0 amide bonds. The van der Waals surface area contributed by atoms with E-state index in [1.807, 2.05) is 0 Å². The number of rotatable bonds is 0. The molecule has 0 aliphatic carbocycles. The molecule has 1 aliphatic heterocycles. The van der Waals surface area contributed by atoms with Crippen LogP contribution in [0.3, 0.4) is 0 Å². The minimum absolute atomic E-state index is 0. The second-order valence-electron chi connectivity index (χ2n) is 1.86. The van der Waals surface area contributed by atoms with Gasteiger partial charge in [-0.1, -0.05) is 11.2 Å². The maximum absolute atomic E-state index is 10.5. The molecule has 0 aromatic carbocycles. The molecule has 50 valence electrons. The van der Waals surface area contributed by atoms with Crippen molar-refractivity contribution < 1.29 is 4.55 Å². The van der Waals surface area contributed by atoms with E-state index in [2.05, 4.69) is 0 Å². The Hall–Kier alpha value is 0.560. The molecule has 0 aromatic rings. The van der Waals surface area contributed by atoms with Crippen LogP contribution >= 0.6 is 12.4 Å². The summed E-state index contributed by atoms with van der Waals surface area (Å²) in [6.07, 6.45) is 0.951. The lowest BCUT2D eigenvalue weighted by Gasteiger charge is -1.98. The molecule has 1 heterocycles. The smallest absolute Gasteiger partial charge is 0.120 e. The van der Waals surface area contributed by atoms with E-state index in [1.165, 1.54) is 0 Å². The summed E-state index contributed by atoms with van der Waals surface area (Å²) in [7, 11) is 0. The predicted molar refractivity (Wildman–Crippen MR) is 37.7 cm³/mol. The van der Waals surface area contributed by atoms with E-state index < -0.39 is 11.2 Å². The zero-order valence-electron chi connectivity index (χ0n) is 4.50. The van der Waals surface area contributed by atoms with Gasteiger partial charge in [-0.05, 0) is 0 Å². The van der Waals surface area contributed by atoms with Crippen LogP contribution in [0.4, 0.5) is 0 Å². The molecular weight excluding hydrogens is 146 g/mol. The van der Waals surface area contributed by atoms with Gasteiger partial charge in [-0.15, -0.1) is 12.4 Å². The van der Waals surface area contributed by atoms with E-state index in [-0.39, 0.29) is 18.4 Å². The normalized spacial score (nSPS) is 36.8. The summed E-state index contributed by atoms with van der Waals surface area (Å²) in [5.74, 6) is 1.54. The largest absolute Gasteiger partial charge is 0.616 e. The van der Waals surface area contributed by atoms with Gasteiger partial charge in [0.25, 0.3) is 0 Å². The second kappa shape index (κ2) is 3.56. The first-order valence-electron chi connectivity index (χ1n) is 2.39. The Balaban J connectivity index is 0.000000490. The first-order chi connectivity index (χ1) is 3.29. The van der Waals surface area contributed by atoms with E-state index in [0.29, 0.717) is 0 Å². The van der Waals surface area contributed by atoms with Crippen molar-refractivity contribution in [3.05, 3.63) is 0 Å². The van der Waals surface area contributed by atoms with Gasteiger partial charge in [-0.3, -0.25) is 0 Å². The summed E-state index contributed by atoms with van der Waals surface area (Å²) in [4.78, 5) is 0. The molecule has 0 spiro atoms. The molecule has 0 bridgehead atoms. The molecule has 2 unspecified atom stereocenters. The highest BCUT2D eigenvalue weighted by Gasteiger charge is 2.21. The molecule has 8 heavy (non-hydrogen) atoms. The molecule has 0 saturated carbocycles. The molecular formula is C4H10ClNOS. The van der Waals surface area contributed by atoms with E-state index in [4.69, 9.17) is 5.73 Å². The molecule has 4 heteroatoms. The lowest BCUT2D eigenvalue weighted by Crippen LogP contribution is -2.20. The predicted octanol–water partition coefficient (Wildman–Crippen LogP) is -0.112. The van der Waals surface area contributed by atoms with Gasteiger partial charge >= 0.3 is 0 Å². The maximum atomic E-state index is 10.5. The number of hydrogen-bond donors (Lipinski definition) is 1. The minimum atomic E-state index is -0.578. The van der Waals surface area contributed by atoms with Crippen LogP contribution in [0.5, 0.6) is 0 Å². The average molecular weight is 156 g/mol.